The van der Waals surface area contributed by atoms with Gasteiger partial charge in [0.05, 0.1) is 0 Å². The summed E-state index contributed by atoms with van der Waals surface area (Å²) >= 11 is 0. The maximum atomic E-state index is 13.5. The fourth-order valence-corrected chi connectivity index (χ4v) is 1.88. The van der Waals surface area contributed by atoms with Crippen molar-refractivity contribution in [3.8, 4) is 5.75 Å². The van der Waals surface area contributed by atoms with E-state index in [1.807, 2.05) is 6.07 Å². The highest BCUT2D eigenvalue weighted by atomic mass is 19.1. The van der Waals surface area contributed by atoms with E-state index in [2.05, 4.69) is 5.32 Å². The molecule has 1 aromatic carbocycles. The van der Waals surface area contributed by atoms with Crippen molar-refractivity contribution >= 4 is 0 Å². The molecule has 1 aromatic rings. The molecule has 2 atom stereocenters. The summed E-state index contributed by atoms with van der Waals surface area (Å²) in [7, 11) is 0. The average molecular weight is 195 g/mol. The van der Waals surface area contributed by atoms with Crippen LogP contribution >= 0.6 is 0 Å². The van der Waals surface area contributed by atoms with E-state index in [0.717, 1.165) is 5.56 Å². The smallest absolute Gasteiger partial charge is 0.122 e. The van der Waals surface area contributed by atoms with E-state index in [-0.39, 0.29) is 11.8 Å². The lowest BCUT2D eigenvalue weighted by molar-refractivity contribution is 0.214. The van der Waals surface area contributed by atoms with Crippen LogP contribution in [0.5, 0.6) is 5.75 Å². The number of phenols is 1. The van der Waals surface area contributed by atoms with Crippen LogP contribution in [0.1, 0.15) is 24.9 Å². The molecule has 1 saturated heterocycles. The van der Waals surface area contributed by atoms with Gasteiger partial charge in [0.1, 0.15) is 11.4 Å². The van der Waals surface area contributed by atoms with Gasteiger partial charge in [0.2, 0.25) is 0 Å². The van der Waals surface area contributed by atoms with Gasteiger partial charge in [-0.3, -0.25) is 0 Å². The van der Waals surface area contributed by atoms with E-state index in [1.165, 1.54) is 0 Å². The van der Waals surface area contributed by atoms with Crippen LogP contribution in [0.4, 0.5) is 4.39 Å². The van der Waals surface area contributed by atoms with Crippen LogP contribution in [0.3, 0.4) is 0 Å². The highest BCUT2D eigenvalue weighted by molar-refractivity contribution is 5.30. The number of aromatic hydroxyl groups is 1. The first-order valence-electron chi connectivity index (χ1n) is 4.78. The van der Waals surface area contributed by atoms with Gasteiger partial charge in [0, 0.05) is 19.0 Å². The largest absolute Gasteiger partial charge is 0.508 e. The molecule has 2 rings (SSSR count). The summed E-state index contributed by atoms with van der Waals surface area (Å²) in [5.74, 6) is 0.233. The van der Waals surface area contributed by atoms with Crippen molar-refractivity contribution in [1.82, 2.24) is 5.32 Å². The molecule has 76 valence electrons. The molecule has 0 spiro atoms. The summed E-state index contributed by atoms with van der Waals surface area (Å²) in [6.07, 6.45) is 0.469. The summed E-state index contributed by atoms with van der Waals surface area (Å²) in [4.78, 5) is 0. The SMILES string of the molecule is CC1(F)CNC(c2cccc(O)c2)C1. The van der Waals surface area contributed by atoms with Crippen LogP contribution in [-0.4, -0.2) is 17.3 Å². The van der Waals surface area contributed by atoms with Crippen molar-refractivity contribution in [3.63, 3.8) is 0 Å². The molecule has 1 aliphatic rings. The van der Waals surface area contributed by atoms with Crippen LogP contribution in [0, 0.1) is 0 Å². The third-order valence-electron chi connectivity index (χ3n) is 2.62. The molecule has 2 unspecified atom stereocenters. The molecule has 0 saturated carbocycles. The monoisotopic (exact) mass is 195 g/mol. The quantitative estimate of drug-likeness (QED) is 0.719. The summed E-state index contributed by atoms with van der Waals surface area (Å²) in [5, 5.41) is 12.4. The third kappa shape index (κ3) is 1.87. The summed E-state index contributed by atoms with van der Waals surface area (Å²) in [5.41, 5.74) is -0.178. The number of rotatable bonds is 1. The molecular formula is C11H14FNO. The van der Waals surface area contributed by atoms with E-state index in [1.54, 1.807) is 25.1 Å². The molecule has 2 nitrogen and oxygen atoms in total. The van der Waals surface area contributed by atoms with Gasteiger partial charge in [-0.25, -0.2) is 4.39 Å². The van der Waals surface area contributed by atoms with Crippen molar-refractivity contribution in [3.05, 3.63) is 29.8 Å². The lowest BCUT2D eigenvalue weighted by Gasteiger charge is -2.12. The molecule has 0 amide bonds. The molecule has 2 N–H and O–H groups in total. The van der Waals surface area contributed by atoms with Crippen LogP contribution in [0.2, 0.25) is 0 Å². The average Bonchev–Trinajstić information content (AvgIpc) is 2.46. The second-order valence-electron chi connectivity index (χ2n) is 4.15. The van der Waals surface area contributed by atoms with Crippen LogP contribution in [0.15, 0.2) is 24.3 Å². The Hall–Kier alpha value is -1.09. The van der Waals surface area contributed by atoms with E-state index >= 15 is 0 Å². The van der Waals surface area contributed by atoms with Crippen molar-refractivity contribution in [1.29, 1.82) is 0 Å². The van der Waals surface area contributed by atoms with Gasteiger partial charge >= 0.3 is 0 Å². The molecule has 0 aliphatic carbocycles. The van der Waals surface area contributed by atoms with Crippen LogP contribution in [-0.2, 0) is 0 Å². The number of alkyl halides is 1. The molecule has 0 bridgehead atoms. The normalized spacial score (nSPS) is 32.0. The standard InChI is InChI=1S/C11H14FNO/c1-11(12)6-10(13-7-11)8-3-2-4-9(14)5-8/h2-5,10,13-14H,6-7H2,1H3. The second-order valence-corrected chi connectivity index (χ2v) is 4.15. The summed E-state index contributed by atoms with van der Waals surface area (Å²) in [6, 6.07) is 7.00. The summed E-state index contributed by atoms with van der Waals surface area (Å²) < 4.78 is 13.5. The first-order valence-corrected chi connectivity index (χ1v) is 4.78. The molecular weight excluding hydrogens is 181 g/mol. The topological polar surface area (TPSA) is 32.3 Å². The lowest BCUT2D eigenvalue weighted by atomic mass is 9.99. The Morgan fingerprint density at radius 1 is 1.57 bits per heavy atom. The van der Waals surface area contributed by atoms with Gasteiger partial charge in [0.15, 0.2) is 0 Å². The molecule has 0 radical (unpaired) electrons. The Labute approximate surface area is 82.8 Å². The number of nitrogens with one attached hydrogen (secondary N) is 1. The minimum atomic E-state index is -1.13. The summed E-state index contributed by atoms with van der Waals surface area (Å²) in [6.45, 7) is 1.98. The van der Waals surface area contributed by atoms with E-state index in [4.69, 9.17) is 0 Å². The minimum Gasteiger partial charge on any atom is -0.508 e. The second kappa shape index (κ2) is 3.24. The van der Waals surface area contributed by atoms with Crippen molar-refractivity contribution in [2.24, 2.45) is 0 Å². The van der Waals surface area contributed by atoms with Crippen LogP contribution in [0.25, 0.3) is 0 Å². The van der Waals surface area contributed by atoms with Gasteiger partial charge in [0.25, 0.3) is 0 Å². The Morgan fingerprint density at radius 3 is 2.93 bits per heavy atom. The maximum Gasteiger partial charge on any atom is 0.122 e. The molecule has 1 aliphatic heterocycles. The zero-order valence-electron chi connectivity index (χ0n) is 8.13. The maximum absolute atomic E-state index is 13.5. The number of benzene rings is 1. The first kappa shape index (κ1) is 9.46. The highest BCUT2D eigenvalue weighted by Crippen LogP contribution is 2.33. The van der Waals surface area contributed by atoms with Gasteiger partial charge < -0.3 is 10.4 Å². The molecule has 1 heterocycles. The molecule has 0 aromatic heterocycles. The number of halogens is 1. The van der Waals surface area contributed by atoms with Crippen LogP contribution < -0.4 is 5.32 Å². The van der Waals surface area contributed by atoms with Gasteiger partial charge in [-0.05, 0) is 24.6 Å². The van der Waals surface area contributed by atoms with E-state index < -0.39 is 5.67 Å². The predicted molar refractivity (Wildman–Crippen MR) is 53.0 cm³/mol. The van der Waals surface area contributed by atoms with E-state index in [0.29, 0.717) is 13.0 Å². The Morgan fingerprint density at radius 2 is 2.36 bits per heavy atom. The van der Waals surface area contributed by atoms with Crippen molar-refractivity contribution < 1.29 is 9.50 Å². The number of hydrogen-bond donors (Lipinski definition) is 2. The van der Waals surface area contributed by atoms with Crippen molar-refractivity contribution in [2.75, 3.05) is 6.54 Å². The van der Waals surface area contributed by atoms with Crippen molar-refractivity contribution in [2.45, 2.75) is 25.1 Å². The Bertz CT molecular complexity index is 338. The van der Waals surface area contributed by atoms with Gasteiger partial charge in [-0.15, -0.1) is 0 Å². The fourth-order valence-electron chi connectivity index (χ4n) is 1.88. The number of phenolic OH excluding ortho intramolecular Hbond substituents is 1. The lowest BCUT2D eigenvalue weighted by Crippen LogP contribution is -2.20. The van der Waals surface area contributed by atoms with Gasteiger partial charge in [-0.1, -0.05) is 12.1 Å². The Balaban J connectivity index is 2.17. The third-order valence-corrected chi connectivity index (χ3v) is 2.62. The van der Waals surface area contributed by atoms with E-state index in [9.17, 15) is 9.50 Å². The molecule has 3 heteroatoms. The highest BCUT2D eigenvalue weighted by Gasteiger charge is 2.35. The molecule has 14 heavy (non-hydrogen) atoms. The zero-order valence-corrected chi connectivity index (χ0v) is 8.13. The van der Waals surface area contributed by atoms with Gasteiger partial charge in [-0.2, -0.15) is 0 Å². The first-order chi connectivity index (χ1) is 6.57. The molecule has 1 fully saturated rings. The zero-order chi connectivity index (χ0) is 10.2. The fraction of sp³-hybridized carbons (Fsp3) is 0.455. The minimum absolute atomic E-state index is 0.0251. The Kier molecular flexibility index (Phi) is 2.19. The predicted octanol–water partition coefficient (Wildman–Crippen LogP) is 2.15. The number of hydrogen-bond acceptors (Lipinski definition) is 2.